The molecule has 0 aliphatic carbocycles. The van der Waals surface area contributed by atoms with Gasteiger partial charge >= 0.3 is 0 Å². The summed E-state index contributed by atoms with van der Waals surface area (Å²) < 4.78 is 0.444. The van der Waals surface area contributed by atoms with E-state index >= 15 is 0 Å². The van der Waals surface area contributed by atoms with Crippen LogP contribution in [0.4, 0.5) is 5.69 Å². The van der Waals surface area contributed by atoms with Gasteiger partial charge in [-0.2, -0.15) is 0 Å². The van der Waals surface area contributed by atoms with Crippen LogP contribution in [0.25, 0.3) is 0 Å². The molecule has 0 radical (unpaired) electrons. The first-order chi connectivity index (χ1) is 16.9. The summed E-state index contributed by atoms with van der Waals surface area (Å²) in [6, 6.07) is 9.83. The minimum Gasteiger partial charge on any atom is -0.350 e. The molecule has 1 fully saturated rings. The molecule has 0 spiro atoms. The quantitative estimate of drug-likeness (QED) is 0.282. The van der Waals surface area contributed by atoms with Crippen molar-refractivity contribution in [1.82, 2.24) is 16.0 Å². The highest BCUT2D eigenvalue weighted by Gasteiger charge is 2.34. The van der Waals surface area contributed by atoms with Crippen molar-refractivity contribution in [2.45, 2.75) is 39.2 Å². The highest BCUT2D eigenvalue weighted by molar-refractivity contribution is 7.13. The smallest absolute Gasteiger partial charge is 0.279 e. The van der Waals surface area contributed by atoms with Crippen LogP contribution in [-0.4, -0.2) is 68.5 Å². The van der Waals surface area contributed by atoms with E-state index in [9.17, 15) is 14.4 Å². The number of likely N-dealkylation sites (N-methyl/N-ethyl adjacent to an activating group) is 1. The second-order valence-corrected chi connectivity index (χ2v) is 10.2. The third-order valence-corrected chi connectivity index (χ3v) is 7.51. The molecule has 0 unspecified atom stereocenters. The summed E-state index contributed by atoms with van der Waals surface area (Å²) in [6.07, 6.45) is 4.23. The average Bonchev–Trinajstić information content (AvgIpc) is 3.05. The first-order valence-corrected chi connectivity index (χ1v) is 13.3. The van der Waals surface area contributed by atoms with Gasteiger partial charge in [-0.1, -0.05) is 30.3 Å². The molecule has 1 saturated heterocycles. The third-order valence-electron chi connectivity index (χ3n) is 6.41. The summed E-state index contributed by atoms with van der Waals surface area (Å²) in [4.78, 5) is 39.3. The zero-order valence-corrected chi connectivity index (χ0v) is 21.6. The molecule has 190 valence electrons. The molecular formula is C26H38N5O3S+. The molecule has 3 amide bonds. The minimum atomic E-state index is -0.187. The monoisotopic (exact) mass is 500 g/mol. The maximum atomic E-state index is 13.2. The van der Waals surface area contributed by atoms with Gasteiger partial charge in [-0.05, 0) is 56.2 Å². The summed E-state index contributed by atoms with van der Waals surface area (Å²) in [5.41, 5.74) is 2.49. The van der Waals surface area contributed by atoms with E-state index < -0.39 is 0 Å². The lowest BCUT2D eigenvalue weighted by atomic mass is 10.2. The van der Waals surface area contributed by atoms with E-state index in [1.54, 1.807) is 0 Å². The molecule has 3 rings (SSSR count). The summed E-state index contributed by atoms with van der Waals surface area (Å²) in [7, 11) is 1.83. The van der Waals surface area contributed by atoms with Crippen molar-refractivity contribution >= 4 is 34.7 Å². The van der Waals surface area contributed by atoms with Gasteiger partial charge in [-0.3, -0.25) is 14.4 Å². The summed E-state index contributed by atoms with van der Waals surface area (Å²) in [6.45, 7) is 5.64. The lowest BCUT2D eigenvalue weighted by Crippen LogP contribution is -2.57. The van der Waals surface area contributed by atoms with Crippen molar-refractivity contribution in [3.05, 3.63) is 51.7 Å². The molecule has 1 aliphatic heterocycles. The SMILES string of the molecule is CNCCNC(=O)c1scc(C)c1NC(=O)C[N+]1(CC(=O)NCc2ccccc2)CCCCCC1. The number of carbonyl (C=O) groups excluding carboxylic acids is 3. The topological polar surface area (TPSA) is 99.3 Å². The van der Waals surface area contributed by atoms with Crippen LogP contribution in [0.3, 0.4) is 0 Å². The molecule has 1 aromatic carbocycles. The number of hydrogen-bond acceptors (Lipinski definition) is 5. The number of carbonyl (C=O) groups is 3. The van der Waals surface area contributed by atoms with Gasteiger partial charge in [0.05, 0.1) is 18.8 Å². The Morgan fingerprint density at radius 1 is 0.914 bits per heavy atom. The van der Waals surface area contributed by atoms with Gasteiger partial charge < -0.3 is 25.8 Å². The molecule has 1 aliphatic rings. The van der Waals surface area contributed by atoms with Crippen molar-refractivity contribution in [2.24, 2.45) is 0 Å². The van der Waals surface area contributed by atoms with Crippen LogP contribution in [0.15, 0.2) is 35.7 Å². The fraction of sp³-hybridized carbons (Fsp3) is 0.500. The van der Waals surface area contributed by atoms with E-state index in [2.05, 4.69) is 21.3 Å². The van der Waals surface area contributed by atoms with Crippen molar-refractivity contribution in [1.29, 1.82) is 0 Å². The first-order valence-electron chi connectivity index (χ1n) is 12.4. The molecule has 2 heterocycles. The molecule has 0 atom stereocenters. The van der Waals surface area contributed by atoms with Gasteiger partial charge in [0, 0.05) is 19.6 Å². The largest absolute Gasteiger partial charge is 0.350 e. The molecule has 8 nitrogen and oxygen atoms in total. The zero-order chi connectivity index (χ0) is 25.1. The van der Waals surface area contributed by atoms with Gasteiger partial charge in [-0.25, -0.2) is 0 Å². The Labute approximate surface area is 212 Å². The normalized spacial score (nSPS) is 15.1. The Bertz CT molecular complexity index is 984. The molecule has 0 bridgehead atoms. The van der Waals surface area contributed by atoms with E-state index in [-0.39, 0.29) is 30.8 Å². The lowest BCUT2D eigenvalue weighted by molar-refractivity contribution is -0.912. The maximum absolute atomic E-state index is 13.2. The van der Waals surface area contributed by atoms with E-state index in [1.807, 2.05) is 49.7 Å². The Balaban J connectivity index is 1.66. The molecule has 9 heteroatoms. The number of thiophene rings is 1. The highest BCUT2D eigenvalue weighted by Crippen LogP contribution is 2.28. The van der Waals surface area contributed by atoms with Crippen molar-refractivity contribution < 1.29 is 18.9 Å². The number of benzene rings is 1. The molecule has 4 N–H and O–H groups in total. The second kappa shape index (κ2) is 13.4. The van der Waals surface area contributed by atoms with Crippen LogP contribution < -0.4 is 21.3 Å². The number of likely N-dealkylation sites (tertiary alicyclic amines) is 1. The predicted octanol–water partition coefficient (Wildman–Crippen LogP) is 2.65. The number of quaternary nitrogens is 1. The maximum Gasteiger partial charge on any atom is 0.279 e. The predicted molar refractivity (Wildman–Crippen MR) is 140 cm³/mol. The fourth-order valence-electron chi connectivity index (χ4n) is 4.52. The molecule has 1 aromatic heterocycles. The molecule has 35 heavy (non-hydrogen) atoms. The van der Waals surface area contributed by atoms with Crippen LogP contribution >= 0.6 is 11.3 Å². The van der Waals surface area contributed by atoms with E-state index in [0.29, 0.717) is 34.7 Å². The van der Waals surface area contributed by atoms with Crippen molar-refractivity contribution in [2.75, 3.05) is 51.6 Å². The van der Waals surface area contributed by atoms with Crippen molar-refractivity contribution in [3.63, 3.8) is 0 Å². The van der Waals surface area contributed by atoms with Gasteiger partial charge in [0.1, 0.15) is 4.88 Å². The Kier molecular flexibility index (Phi) is 10.3. The lowest BCUT2D eigenvalue weighted by Gasteiger charge is -2.36. The Morgan fingerprint density at radius 2 is 1.60 bits per heavy atom. The van der Waals surface area contributed by atoms with Gasteiger partial charge in [0.25, 0.3) is 17.7 Å². The van der Waals surface area contributed by atoms with E-state index in [0.717, 1.165) is 49.9 Å². The summed E-state index contributed by atoms with van der Waals surface area (Å²) in [5.74, 6) is -0.388. The minimum absolute atomic E-state index is 0.0418. The highest BCUT2D eigenvalue weighted by atomic mass is 32.1. The van der Waals surface area contributed by atoms with E-state index in [1.165, 1.54) is 11.3 Å². The second-order valence-electron chi connectivity index (χ2n) is 9.31. The molecule has 0 saturated carbocycles. The van der Waals surface area contributed by atoms with Gasteiger partial charge in [0.15, 0.2) is 13.1 Å². The zero-order valence-electron chi connectivity index (χ0n) is 20.8. The number of amides is 3. The number of hydrogen-bond donors (Lipinski definition) is 4. The Morgan fingerprint density at radius 3 is 2.29 bits per heavy atom. The van der Waals surface area contributed by atoms with E-state index in [4.69, 9.17) is 0 Å². The average molecular weight is 501 g/mol. The first kappa shape index (κ1) is 26.8. The van der Waals surface area contributed by atoms with Crippen LogP contribution in [0, 0.1) is 6.92 Å². The number of nitrogens with zero attached hydrogens (tertiary/aromatic N) is 1. The number of aryl methyl sites for hydroxylation is 1. The summed E-state index contributed by atoms with van der Waals surface area (Å²) in [5, 5.41) is 13.8. The number of rotatable bonds is 11. The molecule has 2 aromatic rings. The fourth-order valence-corrected chi connectivity index (χ4v) is 5.44. The molecular weight excluding hydrogens is 462 g/mol. The third kappa shape index (κ3) is 8.16. The van der Waals surface area contributed by atoms with Crippen LogP contribution in [-0.2, 0) is 16.1 Å². The van der Waals surface area contributed by atoms with Crippen LogP contribution in [0.5, 0.6) is 0 Å². The van der Waals surface area contributed by atoms with Crippen LogP contribution in [0.1, 0.15) is 46.5 Å². The summed E-state index contributed by atoms with van der Waals surface area (Å²) >= 11 is 1.33. The number of nitrogens with one attached hydrogen (secondary N) is 4. The standard InChI is InChI=1S/C26H37N5O3S/c1-20-19-35-25(26(34)28-13-12-27-2)24(20)30-23(33)18-31(14-8-3-4-9-15-31)17-22(32)29-16-21-10-6-5-7-11-21/h5-7,10-11,19,27H,3-4,8-9,12-18H2,1-2H3,(H2-,28,29,30,32,33,34)/p+1. The van der Waals surface area contributed by atoms with Crippen molar-refractivity contribution in [3.8, 4) is 0 Å². The number of anilines is 1. The van der Waals surface area contributed by atoms with Gasteiger partial charge in [0.2, 0.25) is 0 Å². The Hall–Kier alpha value is -2.75. The van der Waals surface area contributed by atoms with Gasteiger partial charge in [-0.15, -0.1) is 11.3 Å². The van der Waals surface area contributed by atoms with Crippen LogP contribution in [0.2, 0.25) is 0 Å².